The maximum absolute atomic E-state index is 9.08. The Bertz CT molecular complexity index is 340. The Morgan fingerprint density at radius 1 is 1.44 bits per heavy atom. The minimum absolute atomic E-state index is 0.313. The second-order valence-corrected chi connectivity index (χ2v) is 4.86. The Hall–Kier alpha value is -0.810. The summed E-state index contributed by atoms with van der Waals surface area (Å²) in [5.74, 6) is 1.48. The van der Waals surface area contributed by atoms with E-state index >= 15 is 0 Å². The largest absolute Gasteiger partial charge is 0.396 e. The van der Waals surface area contributed by atoms with Crippen LogP contribution < -0.4 is 4.90 Å². The third-order valence-corrected chi connectivity index (χ3v) is 3.67. The summed E-state index contributed by atoms with van der Waals surface area (Å²) in [6, 6.07) is 2.03. The molecule has 0 bridgehead atoms. The van der Waals surface area contributed by atoms with E-state index in [1.54, 1.807) is 18.1 Å². The number of aliphatic hydroxyl groups excluding tert-OH is 1. The van der Waals surface area contributed by atoms with Crippen molar-refractivity contribution in [1.82, 2.24) is 9.97 Å². The molecule has 1 aliphatic heterocycles. The number of nitrogens with zero attached hydrogens (tertiary/aromatic N) is 3. The van der Waals surface area contributed by atoms with E-state index < -0.39 is 0 Å². The molecule has 2 rings (SSSR count). The lowest BCUT2D eigenvalue weighted by molar-refractivity contribution is 0.202. The number of piperidine rings is 1. The van der Waals surface area contributed by atoms with Gasteiger partial charge in [-0.05, 0) is 25.0 Å². The summed E-state index contributed by atoms with van der Waals surface area (Å²) in [4.78, 5) is 10.7. The molecule has 1 aromatic heterocycles. The van der Waals surface area contributed by atoms with E-state index in [9.17, 15) is 0 Å². The second kappa shape index (κ2) is 5.50. The van der Waals surface area contributed by atoms with Gasteiger partial charge in [0.2, 0.25) is 0 Å². The van der Waals surface area contributed by atoms with Crippen LogP contribution in [0.1, 0.15) is 12.8 Å². The van der Waals surface area contributed by atoms with Gasteiger partial charge in [0.1, 0.15) is 17.2 Å². The van der Waals surface area contributed by atoms with Gasteiger partial charge in [0, 0.05) is 25.8 Å². The molecule has 5 heteroatoms. The zero-order valence-electron chi connectivity index (χ0n) is 9.46. The number of hydrogen-bond acceptors (Lipinski definition) is 5. The molecule has 4 nitrogen and oxygen atoms in total. The van der Waals surface area contributed by atoms with Crippen LogP contribution in [0.25, 0.3) is 0 Å². The molecule has 0 aliphatic carbocycles. The molecular formula is C11H17N3OS. The fourth-order valence-corrected chi connectivity index (χ4v) is 2.33. The molecule has 0 saturated carbocycles. The zero-order chi connectivity index (χ0) is 11.4. The normalized spacial score (nSPS) is 17.8. The third-order valence-electron chi connectivity index (χ3n) is 3.03. The highest BCUT2D eigenvalue weighted by atomic mass is 32.2. The number of aromatic nitrogens is 2. The molecule has 0 aromatic carbocycles. The van der Waals surface area contributed by atoms with Crippen LogP contribution in [0.2, 0.25) is 0 Å². The number of aliphatic hydroxyl groups is 1. The summed E-state index contributed by atoms with van der Waals surface area (Å²) in [6.07, 6.45) is 5.74. The van der Waals surface area contributed by atoms with Gasteiger partial charge in [0.15, 0.2) is 0 Å². The first kappa shape index (κ1) is 11.7. The highest BCUT2D eigenvalue weighted by molar-refractivity contribution is 7.98. The highest BCUT2D eigenvalue weighted by Gasteiger charge is 2.19. The first-order valence-electron chi connectivity index (χ1n) is 5.55. The van der Waals surface area contributed by atoms with E-state index in [1.165, 1.54) is 0 Å². The van der Waals surface area contributed by atoms with Gasteiger partial charge in [0.05, 0.1) is 0 Å². The van der Waals surface area contributed by atoms with Crippen LogP contribution in [0.5, 0.6) is 0 Å². The minimum Gasteiger partial charge on any atom is -0.396 e. The van der Waals surface area contributed by atoms with Gasteiger partial charge in [-0.2, -0.15) is 0 Å². The van der Waals surface area contributed by atoms with Gasteiger partial charge >= 0.3 is 0 Å². The van der Waals surface area contributed by atoms with Crippen molar-refractivity contribution in [2.45, 2.75) is 17.9 Å². The van der Waals surface area contributed by atoms with Crippen LogP contribution in [0.3, 0.4) is 0 Å². The molecule has 1 aliphatic rings. The van der Waals surface area contributed by atoms with E-state index in [0.29, 0.717) is 12.5 Å². The Morgan fingerprint density at radius 3 is 2.81 bits per heavy atom. The van der Waals surface area contributed by atoms with Crippen molar-refractivity contribution in [2.75, 3.05) is 30.9 Å². The van der Waals surface area contributed by atoms with Crippen LogP contribution in [-0.4, -0.2) is 41.0 Å². The smallest absolute Gasteiger partial charge is 0.133 e. The zero-order valence-corrected chi connectivity index (χ0v) is 10.3. The van der Waals surface area contributed by atoms with Crippen LogP contribution in [0.15, 0.2) is 17.4 Å². The average molecular weight is 239 g/mol. The predicted octanol–water partition coefficient (Wildman–Crippen LogP) is 1.41. The number of hydrogen-bond donors (Lipinski definition) is 1. The Morgan fingerprint density at radius 2 is 2.19 bits per heavy atom. The van der Waals surface area contributed by atoms with Gasteiger partial charge in [0.25, 0.3) is 0 Å². The maximum atomic E-state index is 9.08. The molecule has 1 N–H and O–H groups in total. The average Bonchev–Trinajstić information content (AvgIpc) is 2.39. The van der Waals surface area contributed by atoms with Crippen molar-refractivity contribution in [3.63, 3.8) is 0 Å². The Labute approximate surface area is 100 Å². The van der Waals surface area contributed by atoms with E-state index in [-0.39, 0.29) is 0 Å². The number of rotatable bonds is 3. The number of thioether (sulfide) groups is 1. The minimum atomic E-state index is 0.313. The van der Waals surface area contributed by atoms with Crippen LogP contribution in [0.4, 0.5) is 5.82 Å². The lowest BCUT2D eigenvalue weighted by Gasteiger charge is -2.31. The molecule has 88 valence electrons. The molecule has 1 saturated heterocycles. The fourth-order valence-electron chi connectivity index (χ4n) is 1.96. The van der Waals surface area contributed by atoms with Crippen molar-refractivity contribution < 1.29 is 5.11 Å². The van der Waals surface area contributed by atoms with E-state index in [2.05, 4.69) is 14.9 Å². The summed E-state index contributed by atoms with van der Waals surface area (Å²) in [7, 11) is 0. The summed E-state index contributed by atoms with van der Waals surface area (Å²) in [5.41, 5.74) is 0. The molecule has 0 spiro atoms. The first-order chi connectivity index (χ1) is 7.83. The monoisotopic (exact) mass is 239 g/mol. The fraction of sp³-hybridized carbons (Fsp3) is 0.636. The summed E-state index contributed by atoms with van der Waals surface area (Å²) >= 11 is 1.63. The quantitative estimate of drug-likeness (QED) is 0.638. The predicted molar refractivity (Wildman–Crippen MR) is 65.8 cm³/mol. The van der Waals surface area contributed by atoms with Gasteiger partial charge in [-0.3, -0.25) is 0 Å². The SMILES string of the molecule is CSc1cc(N2CCC(CO)CC2)ncn1. The van der Waals surface area contributed by atoms with Crippen molar-refractivity contribution in [2.24, 2.45) is 5.92 Å². The van der Waals surface area contributed by atoms with Crippen LogP contribution >= 0.6 is 11.8 Å². The summed E-state index contributed by atoms with van der Waals surface area (Å²) < 4.78 is 0. The van der Waals surface area contributed by atoms with Crippen LogP contribution in [-0.2, 0) is 0 Å². The molecule has 1 aromatic rings. The molecule has 0 amide bonds. The summed E-state index contributed by atoms with van der Waals surface area (Å²) in [6.45, 7) is 2.28. The van der Waals surface area contributed by atoms with Gasteiger partial charge in [-0.25, -0.2) is 9.97 Å². The molecule has 0 atom stereocenters. The van der Waals surface area contributed by atoms with Crippen molar-refractivity contribution >= 4 is 17.6 Å². The lowest BCUT2D eigenvalue weighted by Crippen LogP contribution is -2.35. The Balaban J connectivity index is 2.02. The van der Waals surface area contributed by atoms with Crippen molar-refractivity contribution in [3.05, 3.63) is 12.4 Å². The lowest BCUT2D eigenvalue weighted by atomic mass is 9.98. The molecule has 0 unspecified atom stereocenters. The van der Waals surface area contributed by atoms with Crippen molar-refractivity contribution in [1.29, 1.82) is 0 Å². The van der Waals surface area contributed by atoms with Crippen molar-refractivity contribution in [3.8, 4) is 0 Å². The van der Waals surface area contributed by atoms with E-state index in [4.69, 9.17) is 5.11 Å². The maximum Gasteiger partial charge on any atom is 0.133 e. The first-order valence-corrected chi connectivity index (χ1v) is 6.78. The van der Waals surface area contributed by atoms with E-state index in [1.807, 2.05) is 12.3 Å². The topological polar surface area (TPSA) is 49.2 Å². The molecule has 0 radical (unpaired) electrons. The standard InChI is InChI=1S/C11H17N3OS/c1-16-11-6-10(12-8-13-11)14-4-2-9(7-15)3-5-14/h6,8-9,15H,2-5,7H2,1H3. The van der Waals surface area contributed by atoms with Crippen LogP contribution in [0, 0.1) is 5.92 Å². The van der Waals surface area contributed by atoms with E-state index in [0.717, 1.165) is 36.8 Å². The van der Waals surface area contributed by atoms with Gasteiger partial charge in [-0.1, -0.05) is 0 Å². The third kappa shape index (κ3) is 2.65. The molecule has 16 heavy (non-hydrogen) atoms. The van der Waals surface area contributed by atoms with Gasteiger partial charge in [-0.15, -0.1) is 11.8 Å². The summed E-state index contributed by atoms with van der Waals surface area (Å²) in [5, 5.41) is 10.1. The Kier molecular flexibility index (Phi) is 4.01. The molecule has 1 fully saturated rings. The number of anilines is 1. The molecular weight excluding hydrogens is 222 g/mol. The van der Waals surface area contributed by atoms with Gasteiger partial charge < -0.3 is 10.0 Å². The second-order valence-electron chi connectivity index (χ2n) is 4.03. The molecule has 2 heterocycles. The highest BCUT2D eigenvalue weighted by Crippen LogP contribution is 2.23.